The number of hydrogen-bond donors (Lipinski definition) is 0. The van der Waals surface area contributed by atoms with Gasteiger partial charge in [-0.15, -0.1) is 0 Å². The fourth-order valence-corrected chi connectivity index (χ4v) is 6.35. The molecule has 0 amide bonds. The van der Waals surface area contributed by atoms with Crippen LogP contribution >= 0.6 is 0 Å². The predicted octanol–water partition coefficient (Wildman–Crippen LogP) is 11.4. The summed E-state index contributed by atoms with van der Waals surface area (Å²) in [6.45, 7) is 0. The third kappa shape index (κ3) is 6.92. The van der Waals surface area contributed by atoms with Crippen molar-refractivity contribution in [3.63, 3.8) is 0 Å². The highest BCUT2D eigenvalue weighted by Gasteiger charge is 2.15. The number of aromatic nitrogens is 6. The quantitative estimate of drug-likeness (QED) is 0.158. The summed E-state index contributed by atoms with van der Waals surface area (Å²) < 4.78 is 0. The molecule has 0 spiro atoms. The van der Waals surface area contributed by atoms with Gasteiger partial charge in [0.1, 0.15) is 0 Å². The largest absolute Gasteiger partial charge is 0.208 e. The zero-order valence-corrected chi connectivity index (χ0v) is 29.2. The fourth-order valence-electron chi connectivity index (χ4n) is 6.35. The Morgan fingerprint density at radius 2 is 0.296 bits per heavy atom. The topological polar surface area (TPSA) is 77.3 Å². The summed E-state index contributed by atoms with van der Waals surface area (Å²) in [5, 5.41) is 0. The van der Waals surface area contributed by atoms with Crippen LogP contribution in [0.2, 0.25) is 0 Å². The van der Waals surface area contributed by atoms with Crippen molar-refractivity contribution in [3.8, 4) is 90.6 Å². The first-order valence-corrected chi connectivity index (χ1v) is 17.8. The van der Waals surface area contributed by atoms with Gasteiger partial charge in [0.25, 0.3) is 0 Å². The monoisotopic (exact) mass is 692 g/mol. The summed E-state index contributed by atoms with van der Waals surface area (Å²) in [6.07, 6.45) is 0. The Morgan fingerprint density at radius 3 is 0.519 bits per heavy atom. The van der Waals surface area contributed by atoms with Crippen LogP contribution in [-0.4, -0.2) is 29.9 Å². The molecule has 0 N–H and O–H groups in total. The molecule has 254 valence electrons. The Labute approximate surface area is 313 Å². The molecular weight excluding hydrogens is 661 g/mol. The van der Waals surface area contributed by atoms with Crippen LogP contribution in [0.4, 0.5) is 0 Å². The number of benzene rings is 7. The second-order valence-corrected chi connectivity index (χ2v) is 12.8. The summed E-state index contributed by atoms with van der Waals surface area (Å²) in [4.78, 5) is 29.7. The third-order valence-electron chi connectivity index (χ3n) is 9.24. The zero-order chi connectivity index (χ0) is 36.1. The van der Waals surface area contributed by atoms with Crippen LogP contribution < -0.4 is 0 Å². The maximum absolute atomic E-state index is 5.01. The lowest BCUT2D eigenvalue weighted by Gasteiger charge is -2.11. The Morgan fingerprint density at radius 1 is 0.148 bits per heavy atom. The fraction of sp³-hybridized carbons (Fsp3) is 0. The molecule has 2 heterocycles. The first-order chi connectivity index (χ1) is 26.7. The van der Waals surface area contributed by atoms with Gasteiger partial charge in [0, 0.05) is 33.4 Å². The van der Waals surface area contributed by atoms with Gasteiger partial charge in [0.05, 0.1) is 0 Å². The number of rotatable bonds is 8. The minimum Gasteiger partial charge on any atom is -0.208 e. The molecule has 0 unspecified atom stereocenters. The van der Waals surface area contributed by atoms with E-state index < -0.39 is 0 Å². The van der Waals surface area contributed by atoms with Crippen LogP contribution in [0.25, 0.3) is 90.6 Å². The van der Waals surface area contributed by atoms with Gasteiger partial charge in [-0.2, -0.15) is 0 Å². The summed E-state index contributed by atoms with van der Waals surface area (Å²) in [6, 6.07) is 65.5. The molecule has 6 nitrogen and oxygen atoms in total. The maximum Gasteiger partial charge on any atom is 0.164 e. The van der Waals surface area contributed by atoms with Gasteiger partial charge in [-0.1, -0.05) is 194 Å². The van der Waals surface area contributed by atoms with E-state index in [0.717, 1.165) is 55.6 Å². The van der Waals surface area contributed by atoms with Gasteiger partial charge in [-0.05, 0) is 22.3 Å². The van der Waals surface area contributed by atoms with E-state index in [0.29, 0.717) is 34.9 Å². The molecule has 0 aliphatic heterocycles. The van der Waals surface area contributed by atoms with E-state index in [4.69, 9.17) is 29.9 Å². The molecule has 0 aliphatic carbocycles. The zero-order valence-electron chi connectivity index (χ0n) is 29.2. The van der Waals surface area contributed by atoms with E-state index in [1.165, 1.54) is 0 Å². The molecule has 54 heavy (non-hydrogen) atoms. The van der Waals surface area contributed by atoms with Crippen LogP contribution in [0.3, 0.4) is 0 Å². The SMILES string of the molecule is c1ccc(-c2ccc(-c3nc(-c4ccc(-c5ccccc5)cc4)nc(-c4ccc(-c5nc(-c6ccccc6)nc(-c6ccccc6)n5)cc4)n3)cc2)cc1. The van der Waals surface area contributed by atoms with Crippen molar-refractivity contribution >= 4 is 0 Å². The first kappa shape index (κ1) is 32.5. The average molecular weight is 693 g/mol. The van der Waals surface area contributed by atoms with E-state index in [9.17, 15) is 0 Å². The minimum atomic E-state index is 0.575. The Hall–Kier alpha value is -7.44. The summed E-state index contributed by atoms with van der Waals surface area (Å²) >= 11 is 0. The molecule has 0 atom stereocenters. The van der Waals surface area contributed by atoms with E-state index in [2.05, 4.69) is 72.8 Å². The van der Waals surface area contributed by atoms with Gasteiger partial charge < -0.3 is 0 Å². The lowest BCUT2D eigenvalue weighted by molar-refractivity contribution is 1.07. The van der Waals surface area contributed by atoms with Crippen molar-refractivity contribution in [2.24, 2.45) is 0 Å². The van der Waals surface area contributed by atoms with E-state index in [1.807, 2.05) is 121 Å². The number of nitrogens with zero attached hydrogens (tertiary/aromatic N) is 6. The first-order valence-electron chi connectivity index (χ1n) is 17.8. The van der Waals surface area contributed by atoms with Crippen molar-refractivity contribution < 1.29 is 0 Å². The molecule has 0 radical (unpaired) electrons. The average Bonchev–Trinajstić information content (AvgIpc) is 3.27. The third-order valence-corrected chi connectivity index (χ3v) is 9.24. The summed E-state index contributed by atoms with van der Waals surface area (Å²) in [5.41, 5.74) is 9.95. The Kier molecular flexibility index (Phi) is 8.81. The van der Waals surface area contributed by atoms with Gasteiger partial charge in [0.2, 0.25) is 0 Å². The van der Waals surface area contributed by atoms with Gasteiger partial charge in [-0.25, -0.2) is 29.9 Å². The van der Waals surface area contributed by atoms with Crippen molar-refractivity contribution in [1.82, 2.24) is 29.9 Å². The van der Waals surface area contributed by atoms with Crippen LogP contribution in [0.15, 0.2) is 194 Å². The van der Waals surface area contributed by atoms with Crippen LogP contribution in [0.1, 0.15) is 0 Å². The second kappa shape index (κ2) is 14.7. The molecule has 0 aliphatic rings. The van der Waals surface area contributed by atoms with E-state index in [1.54, 1.807) is 0 Å². The Bertz CT molecular complexity index is 2490. The van der Waals surface area contributed by atoms with Crippen molar-refractivity contribution in [2.75, 3.05) is 0 Å². The standard InChI is InChI=1S/C48H32N6/c1-5-13-33(14-6-1)35-21-25-39(26-22-35)45-52-46(40-27-23-36(24-28-40)34-15-7-2-8-16-34)54-48(53-45)42-31-29-41(30-32-42)47-50-43(37-17-9-3-10-18-37)49-44(51-47)38-19-11-4-12-20-38/h1-32H. The number of hydrogen-bond acceptors (Lipinski definition) is 6. The summed E-state index contributed by atoms with van der Waals surface area (Å²) in [5.74, 6) is 3.60. The molecule has 6 heteroatoms. The van der Waals surface area contributed by atoms with Crippen molar-refractivity contribution in [1.29, 1.82) is 0 Å². The predicted molar refractivity (Wildman–Crippen MR) is 217 cm³/mol. The van der Waals surface area contributed by atoms with Crippen molar-refractivity contribution in [3.05, 3.63) is 194 Å². The highest BCUT2D eigenvalue weighted by atomic mass is 15.0. The normalized spacial score (nSPS) is 11.0. The molecule has 7 aromatic carbocycles. The maximum atomic E-state index is 5.01. The Balaban J connectivity index is 1.10. The minimum absolute atomic E-state index is 0.575. The van der Waals surface area contributed by atoms with E-state index in [-0.39, 0.29) is 0 Å². The van der Waals surface area contributed by atoms with Gasteiger partial charge in [0.15, 0.2) is 34.9 Å². The summed E-state index contributed by atoms with van der Waals surface area (Å²) in [7, 11) is 0. The molecule has 0 saturated heterocycles. The highest BCUT2D eigenvalue weighted by molar-refractivity contribution is 5.73. The lowest BCUT2D eigenvalue weighted by Crippen LogP contribution is -2.01. The molecule has 0 bridgehead atoms. The molecular formula is C48H32N6. The molecule has 9 rings (SSSR count). The smallest absolute Gasteiger partial charge is 0.164 e. The molecule has 0 saturated carbocycles. The molecule has 9 aromatic rings. The molecule has 0 fully saturated rings. The highest BCUT2D eigenvalue weighted by Crippen LogP contribution is 2.30. The van der Waals surface area contributed by atoms with Crippen LogP contribution in [-0.2, 0) is 0 Å². The van der Waals surface area contributed by atoms with Gasteiger partial charge >= 0.3 is 0 Å². The lowest BCUT2D eigenvalue weighted by atomic mass is 10.0. The van der Waals surface area contributed by atoms with E-state index >= 15 is 0 Å². The van der Waals surface area contributed by atoms with Crippen LogP contribution in [0.5, 0.6) is 0 Å². The van der Waals surface area contributed by atoms with Gasteiger partial charge in [-0.3, -0.25) is 0 Å². The van der Waals surface area contributed by atoms with Crippen molar-refractivity contribution in [2.45, 2.75) is 0 Å². The van der Waals surface area contributed by atoms with Crippen LogP contribution in [0, 0.1) is 0 Å². The second-order valence-electron chi connectivity index (χ2n) is 12.8. The molecule has 2 aromatic heterocycles.